The van der Waals surface area contributed by atoms with Crippen LogP contribution < -0.4 is 0 Å². The van der Waals surface area contributed by atoms with Crippen LogP contribution in [-0.4, -0.2) is 58.7 Å². The summed E-state index contributed by atoms with van der Waals surface area (Å²) in [6.07, 6.45) is 3.24. The summed E-state index contributed by atoms with van der Waals surface area (Å²) in [7, 11) is 0. The molecule has 2 aliphatic heterocycles. The summed E-state index contributed by atoms with van der Waals surface area (Å²) in [6, 6.07) is 5.60. The summed E-state index contributed by atoms with van der Waals surface area (Å²) >= 11 is 0. The third-order valence-corrected chi connectivity index (χ3v) is 5.57. The lowest BCUT2D eigenvalue weighted by Crippen LogP contribution is -2.48. The Morgan fingerprint density at radius 2 is 1.72 bits per heavy atom. The quantitative estimate of drug-likeness (QED) is 0.541. The molecular weight excluding hydrogens is 372 g/mol. The summed E-state index contributed by atoms with van der Waals surface area (Å²) in [6.45, 7) is 6.07. The number of amides is 3. The average Bonchev–Trinajstić information content (AvgIpc) is 2.95. The van der Waals surface area contributed by atoms with Crippen LogP contribution in [0.4, 0.5) is 0 Å². The molecule has 0 N–H and O–H groups in total. The molecule has 2 aliphatic rings. The highest BCUT2D eigenvalue weighted by Gasteiger charge is 2.43. The smallest absolute Gasteiger partial charge is 0.329 e. The number of ether oxygens (including phenoxy) is 1. The zero-order valence-corrected chi connectivity index (χ0v) is 17.2. The van der Waals surface area contributed by atoms with Crippen molar-refractivity contribution in [2.75, 3.05) is 13.2 Å². The molecule has 1 saturated heterocycles. The zero-order chi connectivity index (χ0) is 21.1. The molecule has 3 amide bonds. The van der Waals surface area contributed by atoms with Crippen LogP contribution in [0.3, 0.4) is 0 Å². The van der Waals surface area contributed by atoms with Crippen molar-refractivity contribution >= 4 is 23.7 Å². The maximum atomic E-state index is 12.8. The van der Waals surface area contributed by atoms with E-state index in [1.807, 2.05) is 20.8 Å². The number of hydrogen-bond donors (Lipinski definition) is 0. The minimum Gasteiger partial charge on any atom is -0.454 e. The van der Waals surface area contributed by atoms with Gasteiger partial charge in [-0.3, -0.25) is 19.3 Å². The van der Waals surface area contributed by atoms with Crippen molar-refractivity contribution in [3.63, 3.8) is 0 Å². The van der Waals surface area contributed by atoms with Crippen LogP contribution in [0.2, 0.25) is 0 Å². The summed E-state index contributed by atoms with van der Waals surface area (Å²) in [5, 5.41) is 0. The molecule has 2 atom stereocenters. The Morgan fingerprint density at radius 3 is 2.28 bits per heavy atom. The van der Waals surface area contributed by atoms with Crippen molar-refractivity contribution in [3.8, 4) is 0 Å². The van der Waals surface area contributed by atoms with E-state index in [0.717, 1.165) is 24.2 Å². The Bertz CT molecular complexity index is 784. The largest absolute Gasteiger partial charge is 0.454 e. The molecule has 0 saturated carbocycles. The van der Waals surface area contributed by atoms with E-state index in [4.69, 9.17) is 4.74 Å². The van der Waals surface area contributed by atoms with Crippen molar-refractivity contribution in [1.82, 2.24) is 9.80 Å². The first kappa shape index (κ1) is 21.0. The van der Waals surface area contributed by atoms with E-state index in [0.29, 0.717) is 6.54 Å². The van der Waals surface area contributed by atoms with Crippen LogP contribution in [0.25, 0.3) is 0 Å². The monoisotopic (exact) mass is 400 g/mol. The molecule has 0 radical (unpaired) electrons. The van der Waals surface area contributed by atoms with Crippen LogP contribution >= 0.6 is 0 Å². The van der Waals surface area contributed by atoms with Crippen LogP contribution in [-0.2, 0) is 14.3 Å². The van der Waals surface area contributed by atoms with Crippen molar-refractivity contribution in [1.29, 1.82) is 0 Å². The first-order valence-corrected chi connectivity index (χ1v) is 10.2. The van der Waals surface area contributed by atoms with Gasteiger partial charge in [0.2, 0.25) is 0 Å². The van der Waals surface area contributed by atoms with Crippen LogP contribution in [0.1, 0.15) is 67.2 Å². The molecule has 2 heterocycles. The molecule has 7 heteroatoms. The zero-order valence-electron chi connectivity index (χ0n) is 17.2. The number of likely N-dealkylation sites (tertiary alicyclic amines) is 1. The van der Waals surface area contributed by atoms with Crippen molar-refractivity contribution in [2.45, 2.75) is 58.5 Å². The van der Waals surface area contributed by atoms with Gasteiger partial charge in [0.1, 0.15) is 6.04 Å². The fraction of sp³-hybridized carbons (Fsp3) is 0.545. The minimum atomic E-state index is -1.05. The second-order valence-electron chi connectivity index (χ2n) is 8.21. The fourth-order valence-electron chi connectivity index (χ4n) is 4.03. The molecule has 0 bridgehead atoms. The van der Waals surface area contributed by atoms with Gasteiger partial charge in [-0.2, -0.15) is 0 Å². The second-order valence-corrected chi connectivity index (χ2v) is 8.21. The van der Waals surface area contributed by atoms with Crippen molar-refractivity contribution in [2.24, 2.45) is 5.92 Å². The lowest BCUT2D eigenvalue weighted by Gasteiger charge is -2.33. The lowest BCUT2D eigenvalue weighted by atomic mass is 10.0. The molecule has 0 aromatic heterocycles. The second kappa shape index (κ2) is 8.76. The average molecular weight is 400 g/mol. The topological polar surface area (TPSA) is 84.0 Å². The Kier molecular flexibility index (Phi) is 6.35. The van der Waals surface area contributed by atoms with Crippen molar-refractivity contribution in [3.05, 3.63) is 35.4 Å². The predicted octanol–water partition coefficient (Wildman–Crippen LogP) is 2.64. The fourth-order valence-corrected chi connectivity index (χ4v) is 4.03. The van der Waals surface area contributed by atoms with Gasteiger partial charge in [-0.15, -0.1) is 0 Å². The Labute approximate surface area is 171 Å². The van der Waals surface area contributed by atoms with Gasteiger partial charge in [0.25, 0.3) is 17.7 Å². The number of carbonyl (C=O) groups excluding carboxylic acids is 4. The molecule has 7 nitrogen and oxygen atoms in total. The molecule has 156 valence electrons. The highest BCUT2D eigenvalue weighted by atomic mass is 16.5. The number of nitrogens with zero attached hydrogens (tertiary/aromatic N) is 2. The Balaban J connectivity index is 1.72. The number of hydrogen-bond acceptors (Lipinski definition) is 5. The maximum Gasteiger partial charge on any atom is 0.329 e. The summed E-state index contributed by atoms with van der Waals surface area (Å²) in [4.78, 5) is 53.6. The number of rotatable bonds is 6. The lowest BCUT2D eigenvalue weighted by molar-refractivity contribution is -0.156. The van der Waals surface area contributed by atoms with Crippen LogP contribution in [0.15, 0.2) is 24.3 Å². The van der Waals surface area contributed by atoms with E-state index < -0.39 is 23.8 Å². The van der Waals surface area contributed by atoms with E-state index in [1.54, 1.807) is 29.2 Å². The van der Waals surface area contributed by atoms with Gasteiger partial charge in [0, 0.05) is 12.6 Å². The number of carbonyl (C=O) groups is 4. The van der Waals surface area contributed by atoms with E-state index >= 15 is 0 Å². The highest BCUT2D eigenvalue weighted by molar-refractivity contribution is 6.22. The standard InChI is InChI=1S/C22H28N2O5/c1-14(2)12-18(24-20(26)16-9-4-5-10-17(16)21(24)27)22(28)29-13-19(25)23-11-7-6-8-15(23)3/h4-5,9-10,14-15,18H,6-8,11-13H2,1-3H3/t15-,18+/m1/s1. The molecule has 0 spiro atoms. The van der Waals surface area contributed by atoms with Crippen LogP contribution in [0.5, 0.6) is 0 Å². The molecule has 29 heavy (non-hydrogen) atoms. The minimum absolute atomic E-state index is 0.0506. The number of benzene rings is 1. The Hall–Kier alpha value is -2.70. The van der Waals surface area contributed by atoms with Gasteiger partial charge >= 0.3 is 5.97 Å². The molecule has 3 rings (SSSR count). The first-order chi connectivity index (χ1) is 13.8. The molecule has 0 aliphatic carbocycles. The number of piperidine rings is 1. The molecule has 1 fully saturated rings. The summed E-state index contributed by atoms with van der Waals surface area (Å²) in [5.74, 6) is -1.90. The molecule has 0 unspecified atom stereocenters. The van der Waals surface area contributed by atoms with Crippen LogP contribution in [0, 0.1) is 5.92 Å². The van der Waals surface area contributed by atoms with E-state index in [1.165, 1.54) is 0 Å². The van der Waals surface area contributed by atoms with E-state index in [9.17, 15) is 19.2 Å². The SMILES string of the molecule is CC(C)C[C@@H](C(=O)OCC(=O)N1CCCC[C@H]1C)N1C(=O)c2ccccc2C1=O. The third kappa shape index (κ3) is 4.33. The van der Waals surface area contributed by atoms with Gasteiger partial charge in [-0.05, 0) is 50.7 Å². The normalized spacial score (nSPS) is 20.1. The van der Waals surface area contributed by atoms with E-state index in [-0.39, 0.29) is 42.0 Å². The molecule has 1 aromatic rings. The molecule has 1 aromatic carbocycles. The maximum absolute atomic E-state index is 12.8. The van der Waals surface area contributed by atoms with E-state index in [2.05, 4.69) is 0 Å². The van der Waals surface area contributed by atoms with Gasteiger partial charge in [0.15, 0.2) is 6.61 Å². The van der Waals surface area contributed by atoms with Crippen molar-refractivity contribution < 1.29 is 23.9 Å². The molecular formula is C22H28N2O5. The number of esters is 1. The van der Waals surface area contributed by atoms with Gasteiger partial charge in [-0.25, -0.2) is 4.79 Å². The first-order valence-electron chi connectivity index (χ1n) is 10.2. The highest BCUT2D eigenvalue weighted by Crippen LogP contribution is 2.27. The Morgan fingerprint density at radius 1 is 1.10 bits per heavy atom. The van der Waals surface area contributed by atoms with Gasteiger partial charge < -0.3 is 9.64 Å². The third-order valence-electron chi connectivity index (χ3n) is 5.57. The number of imide groups is 1. The summed E-state index contributed by atoms with van der Waals surface area (Å²) < 4.78 is 5.30. The van der Waals surface area contributed by atoms with Gasteiger partial charge in [0.05, 0.1) is 11.1 Å². The summed E-state index contributed by atoms with van der Waals surface area (Å²) in [5.41, 5.74) is 0.578. The van der Waals surface area contributed by atoms with Gasteiger partial charge in [-0.1, -0.05) is 26.0 Å². The predicted molar refractivity (Wildman–Crippen MR) is 106 cm³/mol. The number of fused-ring (bicyclic) bond motifs is 1.